The van der Waals surface area contributed by atoms with Gasteiger partial charge in [-0.1, -0.05) is 0 Å². The van der Waals surface area contributed by atoms with Crippen LogP contribution >= 0.6 is 11.6 Å². The van der Waals surface area contributed by atoms with Gasteiger partial charge in [0.1, 0.15) is 22.9 Å². The molecule has 2 N–H and O–H groups in total. The van der Waals surface area contributed by atoms with Crippen LogP contribution in [0, 0.1) is 5.82 Å². The highest BCUT2D eigenvalue weighted by atomic mass is 35.5. The van der Waals surface area contributed by atoms with Crippen LogP contribution < -0.4 is 10.5 Å². The third-order valence-electron chi connectivity index (χ3n) is 1.94. The average Bonchev–Trinajstić information content (AvgIpc) is 2.27. The Morgan fingerprint density at radius 2 is 2.06 bits per heavy atom. The molecule has 0 aromatic heterocycles. The zero-order chi connectivity index (χ0) is 13.9. The summed E-state index contributed by atoms with van der Waals surface area (Å²) in [6.45, 7) is 0. The summed E-state index contributed by atoms with van der Waals surface area (Å²) in [5, 5.41) is 0. The molecule has 1 rings (SSSR count). The molecule has 0 unspecified atom stereocenters. The number of methoxy groups -OCH3 is 1. The van der Waals surface area contributed by atoms with Crippen molar-refractivity contribution in [3.63, 3.8) is 0 Å². The van der Waals surface area contributed by atoms with Gasteiger partial charge in [-0.3, -0.25) is 0 Å². The van der Waals surface area contributed by atoms with Gasteiger partial charge in [0.15, 0.2) is 5.75 Å². The maximum Gasteiger partial charge on any atom is 0.420 e. The third kappa shape index (κ3) is 3.25. The van der Waals surface area contributed by atoms with Crippen molar-refractivity contribution in [1.29, 1.82) is 0 Å². The van der Waals surface area contributed by atoms with Gasteiger partial charge >= 0.3 is 6.18 Å². The molecule has 0 saturated carbocycles. The maximum absolute atomic E-state index is 13.1. The zero-order valence-electron chi connectivity index (χ0n) is 9.18. The van der Waals surface area contributed by atoms with E-state index in [9.17, 15) is 17.6 Å². The molecule has 1 aromatic rings. The molecule has 3 nitrogen and oxygen atoms in total. The van der Waals surface area contributed by atoms with Crippen molar-refractivity contribution in [3.05, 3.63) is 23.5 Å². The van der Waals surface area contributed by atoms with Gasteiger partial charge in [0.2, 0.25) is 0 Å². The van der Waals surface area contributed by atoms with Crippen molar-refractivity contribution >= 4 is 23.1 Å². The van der Waals surface area contributed by atoms with E-state index in [1.807, 2.05) is 0 Å². The van der Waals surface area contributed by atoms with Crippen LogP contribution in [-0.2, 0) is 6.18 Å². The van der Waals surface area contributed by atoms with E-state index >= 15 is 0 Å². The molecule has 0 spiro atoms. The molecule has 0 amide bonds. The molecule has 0 radical (unpaired) electrons. The van der Waals surface area contributed by atoms with E-state index in [2.05, 4.69) is 9.73 Å². The Bertz CT molecular complexity index is 474. The minimum atomic E-state index is -4.76. The fourth-order valence-electron chi connectivity index (χ4n) is 1.27. The van der Waals surface area contributed by atoms with E-state index in [1.54, 1.807) is 0 Å². The lowest BCUT2D eigenvalue weighted by Gasteiger charge is -2.14. The number of hydrogen-bond donors (Lipinski definition) is 1. The first kappa shape index (κ1) is 14.6. The summed E-state index contributed by atoms with van der Waals surface area (Å²) in [6.07, 6.45) is -4.76. The number of rotatable bonds is 3. The molecule has 0 aliphatic heterocycles. The number of nitrogens with two attached hydrogens (primary N) is 1. The Hall–Kier alpha value is -1.50. The SMILES string of the molecule is COc1c(N=C(N)CCl)cc(F)cc1C(F)(F)F. The van der Waals surface area contributed by atoms with Crippen molar-refractivity contribution in [2.24, 2.45) is 10.7 Å². The first-order chi connectivity index (χ1) is 8.29. The quantitative estimate of drug-likeness (QED) is 0.401. The molecule has 8 heteroatoms. The second kappa shape index (κ2) is 5.43. The van der Waals surface area contributed by atoms with Crippen LogP contribution in [0.15, 0.2) is 17.1 Å². The van der Waals surface area contributed by atoms with E-state index in [-0.39, 0.29) is 17.4 Å². The Balaban J connectivity index is 3.48. The smallest absolute Gasteiger partial charge is 0.420 e. The van der Waals surface area contributed by atoms with Gasteiger partial charge < -0.3 is 10.5 Å². The van der Waals surface area contributed by atoms with Gasteiger partial charge in [0, 0.05) is 6.07 Å². The van der Waals surface area contributed by atoms with Crippen molar-refractivity contribution in [2.45, 2.75) is 6.18 Å². The summed E-state index contributed by atoms with van der Waals surface area (Å²) in [4.78, 5) is 3.58. The normalized spacial score (nSPS) is 12.7. The number of alkyl halides is 4. The Morgan fingerprint density at radius 3 is 2.50 bits per heavy atom. The molecular weight excluding hydrogens is 276 g/mol. The number of nitrogens with zero attached hydrogens (tertiary/aromatic N) is 1. The minimum Gasteiger partial charge on any atom is -0.494 e. The van der Waals surface area contributed by atoms with Gasteiger partial charge in [-0.05, 0) is 6.07 Å². The number of hydrogen-bond acceptors (Lipinski definition) is 2. The molecule has 0 heterocycles. The first-order valence-electron chi connectivity index (χ1n) is 4.63. The van der Waals surface area contributed by atoms with Crippen molar-refractivity contribution < 1.29 is 22.3 Å². The van der Waals surface area contributed by atoms with E-state index in [1.165, 1.54) is 0 Å². The molecule has 18 heavy (non-hydrogen) atoms. The van der Waals surface area contributed by atoms with Crippen LogP contribution in [0.1, 0.15) is 5.56 Å². The number of aliphatic imine (C=N–C) groups is 1. The van der Waals surface area contributed by atoms with E-state index in [0.717, 1.165) is 13.2 Å². The summed E-state index contributed by atoms with van der Waals surface area (Å²) in [6, 6.07) is 1.11. The molecule has 0 bridgehead atoms. The predicted molar refractivity (Wildman–Crippen MR) is 60.0 cm³/mol. The van der Waals surface area contributed by atoms with Gasteiger partial charge in [-0.15, -0.1) is 11.6 Å². The molecule has 0 aliphatic rings. The fraction of sp³-hybridized carbons (Fsp3) is 0.300. The largest absolute Gasteiger partial charge is 0.494 e. The summed E-state index contributed by atoms with van der Waals surface area (Å²) >= 11 is 5.35. The lowest BCUT2D eigenvalue weighted by molar-refractivity contribution is -0.138. The van der Waals surface area contributed by atoms with Crippen LogP contribution in [0.3, 0.4) is 0 Å². The van der Waals surface area contributed by atoms with Crippen LogP contribution in [0.5, 0.6) is 5.75 Å². The monoisotopic (exact) mass is 284 g/mol. The van der Waals surface area contributed by atoms with Crippen LogP contribution in [0.2, 0.25) is 0 Å². The molecule has 1 aromatic carbocycles. The summed E-state index contributed by atoms with van der Waals surface area (Å²) < 4.78 is 55.7. The maximum atomic E-state index is 13.1. The molecule has 0 aliphatic carbocycles. The Kier molecular flexibility index (Phi) is 4.39. The molecular formula is C10H9ClF4N2O. The van der Waals surface area contributed by atoms with Crippen molar-refractivity contribution in [1.82, 2.24) is 0 Å². The number of benzene rings is 1. The summed E-state index contributed by atoms with van der Waals surface area (Å²) in [5.74, 6) is -2.03. The second-order valence-corrected chi connectivity index (χ2v) is 3.51. The zero-order valence-corrected chi connectivity index (χ0v) is 9.94. The number of amidine groups is 1. The highest BCUT2D eigenvalue weighted by molar-refractivity contribution is 6.28. The summed E-state index contributed by atoms with van der Waals surface area (Å²) in [7, 11) is 1.03. The van der Waals surface area contributed by atoms with Gasteiger partial charge in [0.25, 0.3) is 0 Å². The molecule has 0 atom stereocenters. The molecule has 0 saturated heterocycles. The standard InChI is InChI=1S/C10H9ClF4N2O/c1-18-9-6(10(13,14)15)2-5(12)3-7(9)17-8(16)4-11/h2-3H,4H2,1H3,(H2,16,17). The van der Waals surface area contributed by atoms with Crippen molar-refractivity contribution in [3.8, 4) is 5.75 Å². The van der Waals surface area contributed by atoms with E-state index in [0.29, 0.717) is 6.07 Å². The fourth-order valence-corrected chi connectivity index (χ4v) is 1.33. The third-order valence-corrected chi connectivity index (χ3v) is 2.22. The van der Waals surface area contributed by atoms with Gasteiger partial charge in [-0.2, -0.15) is 13.2 Å². The molecule has 0 fully saturated rings. The average molecular weight is 285 g/mol. The van der Waals surface area contributed by atoms with Crippen molar-refractivity contribution in [2.75, 3.05) is 13.0 Å². The van der Waals surface area contributed by atoms with Crippen LogP contribution in [-0.4, -0.2) is 18.8 Å². The van der Waals surface area contributed by atoms with Crippen LogP contribution in [0.4, 0.5) is 23.2 Å². The Labute approximate surface area is 105 Å². The Morgan fingerprint density at radius 1 is 1.44 bits per heavy atom. The van der Waals surface area contributed by atoms with Gasteiger partial charge in [0.05, 0.1) is 13.0 Å². The second-order valence-electron chi connectivity index (χ2n) is 3.24. The lowest BCUT2D eigenvalue weighted by atomic mass is 10.1. The number of halogens is 5. The topological polar surface area (TPSA) is 47.6 Å². The summed E-state index contributed by atoms with van der Waals surface area (Å²) in [5.41, 5.74) is 3.68. The number of ether oxygens (including phenoxy) is 1. The lowest BCUT2D eigenvalue weighted by Crippen LogP contribution is -2.13. The van der Waals surface area contributed by atoms with Crippen LogP contribution in [0.25, 0.3) is 0 Å². The van der Waals surface area contributed by atoms with Gasteiger partial charge in [-0.25, -0.2) is 9.38 Å². The minimum absolute atomic E-state index is 0.145. The highest BCUT2D eigenvalue weighted by Crippen LogP contribution is 2.42. The first-order valence-corrected chi connectivity index (χ1v) is 5.16. The van der Waals surface area contributed by atoms with E-state index < -0.39 is 23.3 Å². The van der Waals surface area contributed by atoms with E-state index in [4.69, 9.17) is 17.3 Å². The highest BCUT2D eigenvalue weighted by Gasteiger charge is 2.36. The molecule has 100 valence electrons. The predicted octanol–water partition coefficient (Wildman–Crippen LogP) is 3.08.